The van der Waals surface area contributed by atoms with Gasteiger partial charge < -0.3 is 10.1 Å². The first-order valence-electron chi connectivity index (χ1n) is 11.2. The second-order valence-electron chi connectivity index (χ2n) is 8.28. The molecule has 166 valence electrons. The van der Waals surface area contributed by atoms with Gasteiger partial charge in [0.05, 0.1) is 0 Å². The Labute approximate surface area is 202 Å². The van der Waals surface area contributed by atoms with E-state index in [0.717, 1.165) is 28.0 Å². The van der Waals surface area contributed by atoms with Crippen molar-refractivity contribution in [3.8, 4) is 17.1 Å². The number of aryl methyl sites for hydroxylation is 1. The van der Waals surface area contributed by atoms with E-state index in [1.54, 1.807) is 11.8 Å². The van der Waals surface area contributed by atoms with Crippen LogP contribution in [0.2, 0.25) is 0 Å². The molecule has 1 aromatic heterocycles. The van der Waals surface area contributed by atoms with Gasteiger partial charge in [0, 0.05) is 22.6 Å². The van der Waals surface area contributed by atoms with Gasteiger partial charge in [-0.15, -0.1) is 10.2 Å². The molecule has 0 amide bonds. The highest BCUT2D eigenvalue weighted by atomic mass is 32.2. The predicted octanol–water partition coefficient (Wildman–Crippen LogP) is 6.80. The molecule has 6 heteroatoms. The Morgan fingerprint density at radius 2 is 1.65 bits per heavy atom. The van der Waals surface area contributed by atoms with E-state index in [0.29, 0.717) is 16.7 Å². The summed E-state index contributed by atoms with van der Waals surface area (Å²) < 4.78 is 6.50. The molecule has 0 bridgehead atoms. The van der Waals surface area contributed by atoms with Gasteiger partial charge >= 0.3 is 0 Å². The van der Waals surface area contributed by atoms with E-state index < -0.39 is 6.23 Å². The molecule has 5 nitrogen and oxygen atoms in total. The van der Waals surface area contributed by atoms with Gasteiger partial charge in [-0.25, -0.2) is 0 Å². The number of ether oxygens (including phenoxy) is 1. The van der Waals surface area contributed by atoms with Crippen molar-refractivity contribution >= 4 is 28.2 Å². The summed E-state index contributed by atoms with van der Waals surface area (Å²) in [5.41, 5.74) is 6.02. The van der Waals surface area contributed by atoms with Crippen molar-refractivity contribution in [3.63, 3.8) is 0 Å². The molecular weight excluding hydrogens is 440 g/mol. The zero-order chi connectivity index (χ0) is 22.9. The van der Waals surface area contributed by atoms with Gasteiger partial charge in [-0.05, 0) is 29.3 Å². The van der Waals surface area contributed by atoms with E-state index >= 15 is 0 Å². The number of thioether (sulfide) groups is 1. The first-order valence-corrected chi connectivity index (χ1v) is 12.2. The number of nitrogens with zero attached hydrogens (tertiary/aromatic N) is 3. The van der Waals surface area contributed by atoms with Gasteiger partial charge in [0.2, 0.25) is 11.0 Å². The Morgan fingerprint density at radius 3 is 2.56 bits per heavy atom. The van der Waals surface area contributed by atoms with Crippen LogP contribution in [-0.2, 0) is 5.75 Å². The van der Waals surface area contributed by atoms with E-state index in [9.17, 15) is 0 Å². The summed E-state index contributed by atoms with van der Waals surface area (Å²) in [6, 6.07) is 31.1. The number of fused-ring (bicyclic) bond motifs is 4. The molecule has 1 atom stereocenters. The topological polar surface area (TPSA) is 59.9 Å². The third-order valence-electron chi connectivity index (χ3n) is 5.93. The smallest absolute Gasteiger partial charge is 0.247 e. The lowest BCUT2D eigenvalue weighted by Crippen LogP contribution is -2.17. The van der Waals surface area contributed by atoms with Crippen LogP contribution in [0.25, 0.3) is 22.0 Å². The molecule has 0 aliphatic carbocycles. The second-order valence-corrected chi connectivity index (χ2v) is 9.22. The summed E-state index contributed by atoms with van der Waals surface area (Å²) >= 11 is 1.55. The molecule has 5 aromatic rings. The third kappa shape index (κ3) is 3.97. The van der Waals surface area contributed by atoms with Crippen molar-refractivity contribution in [2.45, 2.75) is 24.1 Å². The molecule has 0 radical (unpaired) electrons. The molecule has 1 aliphatic heterocycles. The minimum Gasteiger partial charge on any atom is -0.448 e. The first kappa shape index (κ1) is 20.7. The van der Waals surface area contributed by atoms with Gasteiger partial charge in [-0.2, -0.15) is 4.98 Å². The van der Waals surface area contributed by atoms with Crippen molar-refractivity contribution in [1.29, 1.82) is 0 Å². The standard InChI is InChI=1S/C28H22N4OS/c1-18-13-15-19(16-14-18)17-34-28-30-27-25(31-32-28)23-10-4-5-12-24(23)29-26(33-27)22-11-6-8-20-7-2-3-9-21(20)22/h2-16,26,29H,17H2,1H3/t26-/m0/s1. The summed E-state index contributed by atoms with van der Waals surface area (Å²) in [6.07, 6.45) is -0.417. The summed E-state index contributed by atoms with van der Waals surface area (Å²) in [6.45, 7) is 2.09. The number of hydrogen-bond donors (Lipinski definition) is 1. The number of para-hydroxylation sites is 1. The van der Waals surface area contributed by atoms with Gasteiger partial charge in [0.1, 0.15) is 0 Å². The largest absolute Gasteiger partial charge is 0.448 e. The van der Waals surface area contributed by atoms with Crippen LogP contribution in [0.15, 0.2) is 96.2 Å². The molecule has 6 rings (SSSR count). The lowest BCUT2D eigenvalue weighted by atomic mass is 10.0. The average molecular weight is 463 g/mol. The zero-order valence-electron chi connectivity index (χ0n) is 18.6. The van der Waals surface area contributed by atoms with Gasteiger partial charge in [-0.3, -0.25) is 0 Å². The Bertz CT molecular complexity index is 1480. The van der Waals surface area contributed by atoms with Crippen LogP contribution in [0.3, 0.4) is 0 Å². The molecule has 0 spiro atoms. The highest BCUT2D eigenvalue weighted by molar-refractivity contribution is 7.98. The number of rotatable bonds is 4. The molecule has 4 aromatic carbocycles. The third-order valence-corrected chi connectivity index (χ3v) is 6.84. The minimum atomic E-state index is -0.417. The molecule has 2 heterocycles. The van der Waals surface area contributed by atoms with Crippen molar-refractivity contribution in [3.05, 3.63) is 108 Å². The Kier molecular flexibility index (Phi) is 5.35. The van der Waals surface area contributed by atoms with Crippen LogP contribution in [-0.4, -0.2) is 15.2 Å². The number of anilines is 1. The monoisotopic (exact) mass is 462 g/mol. The highest BCUT2D eigenvalue weighted by Crippen LogP contribution is 2.40. The van der Waals surface area contributed by atoms with E-state index in [1.165, 1.54) is 16.5 Å². The van der Waals surface area contributed by atoms with E-state index in [4.69, 9.17) is 9.72 Å². The quantitative estimate of drug-likeness (QED) is 0.297. The van der Waals surface area contributed by atoms with Crippen LogP contribution >= 0.6 is 11.8 Å². The first-order chi connectivity index (χ1) is 16.7. The van der Waals surface area contributed by atoms with Crippen LogP contribution < -0.4 is 10.1 Å². The fraction of sp³-hybridized carbons (Fsp3) is 0.107. The number of aromatic nitrogens is 3. The Balaban J connectivity index is 1.39. The van der Waals surface area contributed by atoms with Gasteiger partial charge in [0.15, 0.2) is 11.9 Å². The summed E-state index contributed by atoms with van der Waals surface area (Å²) in [5, 5.41) is 15.4. The lowest BCUT2D eigenvalue weighted by Gasteiger charge is -2.21. The SMILES string of the molecule is Cc1ccc(CSc2nnc3c(n2)O[C@@H](c2cccc4ccccc24)Nc2ccccc2-3)cc1. The number of nitrogens with one attached hydrogen (secondary N) is 1. The number of hydrogen-bond acceptors (Lipinski definition) is 6. The maximum atomic E-state index is 6.50. The van der Waals surface area contributed by atoms with E-state index in [-0.39, 0.29) is 0 Å². The van der Waals surface area contributed by atoms with Gasteiger partial charge in [-0.1, -0.05) is 102 Å². The molecule has 1 N–H and O–H groups in total. The van der Waals surface area contributed by atoms with Crippen LogP contribution in [0.4, 0.5) is 5.69 Å². The molecule has 0 unspecified atom stereocenters. The molecule has 0 saturated carbocycles. The second kappa shape index (κ2) is 8.80. The predicted molar refractivity (Wildman–Crippen MR) is 137 cm³/mol. The maximum absolute atomic E-state index is 6.50. The summed E-state index contributed by atoms with van der Waals surface area (Å²) in [7, 11) is 0. The fourth-order valence-electron chi connectivity index (χ4n) is 4.16. The van der Waals surface area contributed by atoms with E-state index in [1.807, 2.05) is 36.4 Å². The number of benzene rings is 4. The Hall–Kier alpha value is -3.90. The van der Waals surface area contributed by atoms with Crippen molar-refractivity contribution in [1.82, 2.24) is 15.2 Å². The lowest BCUT2D eigenvalue weighted by molar-refractivity contribution is 0.226. The van der Waals surface area contributed by atoms with Crippen LogP contribution in [0.5, 0.6) is 5.88 Å². The fourth-order valence-corrected chi connectivity index (χ4v) is 4.89. The minimum absolute atomic E-state index is 0.417. The van der Waals surface area contributed by atoms with Crippen LogP contribution in [0.1, 0.15) is 22.9 Å². The van der Waals surface area contributed by atoms with Crippen LogP contribution in [0, 0.1) is 6.92 Å². The van der Waals surface area contributed by atoms with Crippen molar-refractivity contribution < 1.29 is 4.74 Å². The van der Waals surface area contributed by atoms with Crippen molar-refractivity contribution in [2.24, 2.45) is 0 Å². The Morgan fingerprint density at radius 1 is 0.853 bits per heavy atom. The maximum Gasteiger partial charge on any atom is 0.247 e. The summed E-state index contributed by atoms with van der Waals surface area (Å²) in [5.74, 6) is 1.25. The molecule has 0 fully saturated rings. The summed E-state index contributed by atoms with van der Waals surface area (Å²) in [4.78, 5) is 4.79. The van der Waals surface area contributed by atoms with Gasteiger partial charge in [0.25, 0.3) is 0 Å². The average Bonchev–Trinajstić information content (AvgIpc) is 3.04. The molecule has 1 aliphatic rings. The van der Waals surface area contributed by atoms with E-state index in [2.05, 4.69) is 77.0 Å². The highest BCUT2D eigenvalue weighted by Gasteiger charge is 2.27. The normalized spacial score (nSPS) is 14.4. The molecule has 34 heavy (non-hydrogen) atoms. The molecule has 0 saturated heterocycles. The molecular formula is C28H22N4OS. The van der Waals surface area contributed by atoms with Crippen molar-refractivity contribution in [2.75, 3.05) is 5.32 Å². The zero-order valence-corrected chi connectivity index (χ0v) is 19.4.